The van der Waals surface area contributed by atoms with Crippen LogP contribution in [0.5, 0.6) is 0 Å². The number of hydrogen-bond acceptors (Lipinski definition) is 5. The summed E-state index contributed by atoms with van der Waals surface area (Å²) < 4.78 is 18.9. The predicted octanol–water partition coefficient (Wildman–Crippen LogP) is 3.58. The molecule has 0 spiro atoms. The average molecular weight is 319 g/mol. The zero-order valence-corrected chi connectivity index (χ0v) is 12.6. The molecule has 1 unspecified atom stereocenters. The summed E-state index contributed by atoms with van der Waals surface area (Å²) in [5.74, 6) is 0.298. The molecule has 122 valence electrons. The molecular formula is C16H18FN3O3. The number of anilines is 1. The SMILES string of the molecule is O=[N+]([O-])c1ccc(F)cc1NCC(c1ccco1)N1CCCC1. The van der Waals surface area contributed by atoms with E-state index in [0.717, 1.165) is 43.8 Å². The largest absolute Gasteiger partial charge is 0.468 e. The van der Waals surface area contributed by atoms with Crippen LogP contribution in [0.2, 0.25) is 0 Å². The zero-order chi connectivity index (χ0) is 16.2. The third-order valence-electron chi connectivity index (χ3n) is 4.09. The number of nitrogens with one attached hydrogen (secondary N) is 1. The van der Waals surface area contributed by atoms with Gasteiger partial charge in [0, 0.05) is 18.7 Å². The normalized spacial score (nSPS) is 16.4. The number of furan rings is 1. The quantitative estimate of drug-likeness (QED) is 0.651. The standard InChI is InChI=1S/C16H18FN3O3/c17-12-5-6-14(20(21)22)13(10-12)18-11-15(16-4-3-9-23-16)19-7-1-2-8-19/h3-6,9-10,15,18H,1-2,7-8,11H2. The van der Waals surface area contributed by atoms with Crippen molar-refractivity contribution in [1.82, 2.24) is 4.90 Å². The first kappa shape index (κ1) is 15.5. The highest BCUT2D eigenvalue weighted by Crippen LogP contribution is 2.29. The third kappa shape index (κ3) is 3.50. The Bertz CT molecular complexity index is 669. The van der Waals surface area contributed by atoms with Crippen LogP contribution in [0.3, 0.4) is 0 Å². The van der Waals surface area contributed by atoms with Crippen molar-refractivity contribution >= 4 is 11.4 Å². The molecule has 1 aliphatic rings. The summed E-state index contributed by atoms with van der Waals surface area (Å²) >= 11 is 0. The van der Waals surface area contributed by atoms with E-state index < -0.39 is 10.7 Å². The molecule has 1 saturated heterocycles. The molecule has 1 aromatic heterocycles. The Labute approximate surface area is 133 Å². The Hall–Kier alpha value is -2.41. The van der Waals surface area contributed by atoms with Crippen molar-refractivity contribution in [1.29, 1.82) is 0 Å². The number of benzene rings is 1. The molecule has 7 heteroatoms. The van der Waals surface area contributed by atoms with Crippen molar-refractivity contribution < 1.29 is 13.7 Å². The van der Waals surface area contributed by atoms with Gasteiger partial charge in [0.1, 0.15) is 17.3 Å². The van der Waals surface area contributed by atoms with Gasteiger partial charge in [-0.15, -0.1) is 0 Å². The smallest absolute Gasteiger partial charge is 0.292 e. The number of hydrogen-bond donors (Lipinski definition) is 1. The molecule has 0 saturated carbocycles. The molecule has 0 radical (unpaired) electrons. The molecule has 3 rings (SSSR count). The van der Waals surface area contributed by atoms with Crippen LogP contribution in [-0.2, 0) is 0 Å². The highest BCUT2D eigenvalue weighted by atomic mass is 19.1. The van der Waals surface area contributed by atoms with E-state index in [-0.39, 0.29) is 17.4 Å². The van der Waals surface area contributed by atoms with Crippen molar-refractivity contribution in [3.8, 4) is 0 Å². The maximum Gasteiger partial charge on any atom is 0.292 e. The molecule has 1 fully saturated rings. The number of nitrogens with zero attached hydrogens (tertiary/aromatic N) is 2. The fourth-order valence-corrected chi connectivity index (χ4v) is 2.96. The molecule has 23 heavy (non-hydrogen) atoms. The van der Waals surface area contributed by atoms with Gasteiger partial charge < -0.3 is 9.73 Å². The number of halogens is 1. The lowest BCUT2D eigenvalue weighted by Crippen LogP contribution is -2.30. The first-order chi connectivity index (χ1) is 11.1. The molecule has 2 aromatic rings. The molecule has 2 heterocycles. The van der Waals surface area contributed by atoms with Crippen molar-refractivity contribution in [2.24, 2.45) is 0 Å². The van der Waals surface area contributed by atoms with E-state index in [1.807, 2.05) is 12.1 Å². The van der Waals surface area contributed by atoms with Gasteiger partial charge in [-0.05, 0) is 44.1 Å². The van der Waals surface area contributed by atoms with Crippen LogP contribution in [0.15, 0.2) is 41.0 Å². The minimum absolute atomic E-state index is 0.0321. The van der Waals surface area contributed by atoms with Crippen LogP contribution < -0.4 is 5.32 Å². The fraction of sp³-hybridized carbons (Fsp3) is 0.375. The van der Waals surface area contributed by atoms with Gasteiger partial charge in [-0.2, -0.15) is 0 Å². The highest BCUT2D eigenvalue weighted by Gasteiger charge is 2.26. The van der Waals surface area contributed by atoms with E-state index in [4.69, 9.17) is 4.42 Å². The lowest BCUT2D eigenvalue weighted by atomic mass is 10.1. The molecule has 0 bridgehead atoms. The zero-order valence-electron chi connectivity index (χ0n) is 12.6. The van der Waals surface area contributed by atoms with E-state index in [0.29, 0.717) is 6.54 Å². The van der Waals surface area contributed by atoms with Gasteiger partial charge in [0.05, 0.1) is 17.2 Å². The molecule has 0 amide bonds. The lowest BCUT2D eigenvalue weighted by Gasteiger charge is -2.26. The van der Waals surface area contributed by atoms with Gasteiger partial charge in [0.15, 0.2) is 0 Å². The van der Waals surface area contributed by atoms with Crippen LogP contribution in [0.1, 0.15) is 24.6 Å². The third-order valence-corrected chi connectivity index (χ3v) is 4.09. The van der Waals surface area contributed by atoms with Crippen molar-refractivity contribution in [3.05, 3.63) is 58.3 Å². The van der Waals surface area contributed by atoms with Gasteiger partial charge >= 0.3 is 0 Å². The minimum atomic E-state index is -0.514. The second-order valence-electron chi connectivity index (χ2n) is 5.57. The van der Waals surface area contributed by atoms with E-state index in [1.165, 1.54) is 6.07 Å². The summed E-state index contributed by atoms with van der Waals surface area (Å²) in [6.07, 6.45) is 3.86. The van der Waals surface area contributed by atoms with Gasteiger partial charge in [-0.25, -0.2) is 4.39 Å². The van der Waals surface area contributed by atoms with Gasteiger partial charge in [0.2, 0.25) is 0 Å². The Kier molecular flexibility index (Phi) is 4.57. The number of nitro benzene ring substituents is 1. The summed E-state index contributed by atoms with van der Waals surface area (Å²) in [5, 5.41) is 14.1. The van der Waals surface area contributed by atoms with Gasteiger partial charge in [-0.3, -0.25) is 15.0 Å². The lowest BCUT2D eigenvalue weighted by molar-refractivity contribution is -0.384. The molecule has 1 atom stereocenters. The molecule has 1 aromatic carbocycles. The Balaban J connectivity index is 1.79. The molecule has 1 aliphatic heterocycles. The van der Waals surface area contributed by atoms with E-state index >= 15 is 0 Å². The Morgan fingerprint density at radius 2 is 2.13 bits per heavy atom. The minimum Gasteiger partial charge on any atom is -0.468 e. The van der Waals surface area contributed by atoms with Crippen LogP contribution in [-0.4, -0.2) is 29.5 Å². The summed E-state index contributed by atoms with van der Waals surface area (Å²) in [4.78, 5) is 12.8. The van der Waals surface area contributed by atoms with Crippen LogP contribution in [0, 0.1) is 15.9 Å². The van der Waals surface area contributed by atoms with Crippen molar-refractivity contribution in [2.45, 2.75) is 18.9 Å². The highest BCUT2D eigenvalue weighted by molar-refractivity contribution is 5.61. The fourth-order valence-electron chi connectivity index (χ4n) is 2.96. The van der Waals surface area contributed by atoms with Gasteiger partial charge in [0.25, 0.3) is 5.69 Å². The molecule has 6 nitrogen and oxygen atoms in total. The summed E-state index contributed by atoms with van der Waals surface area (Å²) in [5.41, 5.74) is 0.0526. The van der Waals surface area contributed by atoms with Crippen LogP contribution in [0.25, 0.3) is 0 Å². The maximum atomic E-state index is 13.4. The number of nitro groups is 1. The first-order valence-electron chi connectivity index (χ1n) is 7.60. The van der Waals surface area contributed by atoms with Gasteiger partial charge in [-0.1, -0.05) is 0 Å². The molecular weight excluding hydrogens is 301 g/mol. The topological polar surface area (TPSA) is 71.5 Å². The summed E-state index contributed by atoms with van der Waals surface area (Å²) in [6, 6.07) is 7.11. The second-order valence-corrected chi connectivity index (χ2v) is 5.57. The molecule has 0 aliphatic carbocycles. The summed E-state index contributed by atoms with van der Waals surface area (Å²) in [7, 11) is 0. The van der Waals surface area contributed by atoms with Crippen molar-refractivity contribution in [3.63, 3.8) is 0 Å². The predicted molar refractivity (Wildman–Crippen MR) is 83.8 cm³/mol. The maximum absolute atomic E-state index is 13.4. The van der Waals surface area contributed by atoms with E-state index in [9.17, 15) is 14.5 Å². The Morgan fingerprint density at radius 3 is 2.78 bits per heavy atom. The van der Waals surface area contributed by atoms with Crippen LogP contribution >= 0.6 is 0 Å². The molecule has 1 N–H and O–H groups in total. The first-order valence-corrected chi connectivity index (χ1v) is 7.60. The second kappa shape index (κ2) is 6.78. The number of likely N-dealkylation sites (tertiary alicyclic amines) is 1. The Morgan fingerprint density at radius 1 is 1.35 bits per heavy atom. The van der Waals surface area contributed by atoms with Crippen LogP contribution in [0.4, 0.5) is 15.8 Å². The monoisotopic (exact) mass is 319 g/mol. The summed E-state index contributed by atoms with van der Waals surface area (Å²) in [6.45, 7) is 2.33. The van der Waals surface area contributed by atoms with Crippen molar-refractivity contribution in [2.75, 3.05) is 25.0 Å². The average Bonchev–Trinajstić information content (AvgIpc) is 3.21. The number of rotatable bonds is 6. The van der Waals surface area contributed by atoms with E-state index in [1.54, 1.807) is 6.26 Å². The van der Waals surface area contributed by atoms with E-state index in [2.05, 4.69) is 10.2 Å².